The summed E-state index contributed by atoms with van der Waals surface area (Å²) in [4.78, 5) is 13.3. The van der Waals surface area contributed by atoms with Gasteiger partial charge in [0.15, 0.2) is 0 Å². The Morgan fingerprint density at radius 2 is 1.12 bits per heavy atom. The summed E-state index contributed by atoms with van der Waals surface area (Å²) in [6.07, 6.45) is 3.91. The van der Waals surface area contributed by atoms with Crippen molar-refractivity contribution in [2.75, 3.05) is 0 Å². The Bertz CT molecular complexity index is 1150. The van der Waals surface area contributed by atoms with E-state index in [0.29, 0.717) is 5.71 Å². The van der Waals surface area contributed by atoms with Gasteiger partial charge < -0.3 is 0 Å². The lowest BCUT2D eigenvalue weighted by molar-refractivity contribution is -0.121. The minimum atomic E-state index is -0.448. The Labute approximate surface area is 188 Å². The average molecular weight is 417 g/mol. The highest BCUT2D eigenvalue weighted by Gasteiger charge is 2.22. The maximum atomic E-state index is 13.3. The topological polar surface area (TPSA) is 41.5 Å². The second-order valence-corrected chi connectivity index (χ2v) is 7.34. The molecule has 3 nitrogen and oxygen atoms in total. The normalized spacial score (nSPS) is 11.6. The third-order valence-corrected chi connectivity index (χ3v) is 5.12. The first kappa shape index (κ1) is 21.0. The van der Waals surface area contributed by atoms with Gasteiger partial charge in [-0.3, -0.25) is 4.79 Å². The van der Waals surface area contributed by atoms with E-state index in [-0.39, 0.29) is 5.91 Å². The molecular weight excluding hydrogens is 392 g/mol. The lowest BCUT2D eigenvalue weighted by Gasteiger charge is -2.16. The summed E-state index contributed by atoms with van der Waals surface area (Å²) in [5.41, 5.74) is 7.33. The molecular formula is C29H24N2O. The van der Waals surface area contributed by atoms with Crippen LogP contribution in [0.5, 0.6) is 0 Å². The van der Waals surface area contributed by atoms with Gasteiger partial charge >= 0.3 is 0 Å². The van der Waals surface area contributed by atoms with Crippen molar-refractivity contribution >= 4 is 17.7 Å². The zero-order valence-electron chi connectivity index (χ0n) is 17.6. The van der Waals surface area contributed by atoms with Crippen LogP contribution in [0.4, 0.5) is 0 Å². The third-order valence-electron chi connectivity index (χ3n) is 5.12. The molecule has 4 aromatic rings. The van der Waals surface area contributed by atoms with Crippen LogP contribution >= 0.6 is 0 Å². The molecule has 0 saturated heterocycles. The Morgan fingerprint density at radius 3 is 1.66 bits per heavy atom. The summed E-state index contributed by atoms with van der Waals surface area (Å²) >= 11 is 0. The second kappa shape index (κ2) is 10.7. The SMILES string of the molecule is O=C(NN=C(C=Cc1ccccc1)c1ccccc1)C(c1ccccc1)c1ccccc1. The van der Waals surface area contributed by atoms with Crippen molar-refractivity contribution < 1.29 is 4.79 Å². The van der Waals surface area contributed by atoms with E-state index in [1.807, 2.05) is 133 Å². The molecule has 156 valence electrons. The first-order valence-corrected chi connectivity index (χ1v) is 10.6. The van der Waals surface area contributed by atoms with Crippen molar-refractivity contribution in [1.82, 2.24) is 5.43 Å². The summed E-state index contributed by atoms with van der Waals surface area (Å²) in [6, 6.07) is 39.4. The van der Waals surface area contributed by atoms with Crippen LogP contribution in [0.1, 0.15) is 28.2 Å². The van der Waals surface area contributed by atoms with Crippen molar-refractivity contribution in [2.45, 2.75) is 5.92 Å². The van der Waals surface area contributed by atoms with E-state index in [0.717, 1.165) is 22.3 Å². The Morgan fingerprint density at radius 1 is 0.656 bits per heavy atom. The first-order chi connectivity index (χ1) is 15.8. The van der Waals surface area contributed by atoms with E-state index in [9.17, 15) is 4.79 Å². The minimum Gasteiger partial charge on any atom is -0.272 e. The van der Waals surface area contributed by atoms with Crippen molar-refractivity contribution in [3.05, 3.63) is 150 Å². The van der Waals surface area contributed by atoms with Crippen LogP contribution < -0.4 is 5.43 Å². The summed E-state index contributed by atoms with van der Waals surface area (Å²) in [7, 11) is 0. The quantitative estimate of drug-likeness (QED) is 0.289. The standard InChI is InChI=1S/C29H24N2O/c32-29(28(25-17-9-3-10-18-25)26-19-11-4-12-20-26)31-30-27(24-15-7-2-8-16-24)22-21-23-13-5-1-6-14-23/h1-22,28H,(H,31,32). The monoisotopic (exact) mass is 416 g/mol. The van der Waals surface area contributed by atoms with Crippen molar-refractivity contribution in [1.29, 1.82) is 0 Å². The molecule has 0 aliphatic heterocycles. The molecule has 3 heteroatoms. The lowest BCUT2D eigenvalue weighted by atomic mass is 9.91. The zero-order valence-corrected chi connectivity index (χ0v) is 17.6. The first-order valence-electron chi connectivity index (χ1n) is 10.6. The van der Waals surface area contributed by atoms with Gasteiger partial charge in [-0.05, 0) is 22.8 Å². The van der Waals surface area contributed by atoms with Gasteiger partial charge in [0.1, 0.15) is 0 Å². The molecule has 0 radical (unpaired) electrons. The number of benzene rings is 4. The molecule has 32 heavy (non-hydrogen) atoms. The molecule has 0 heterocycles. The predicted octanol–water partition coefficient (Wildman–Crippen LogP) is 6.05. The zero-order chi connectivity index (χ0) is 22.0. The highest BCUT2D eigenvalue weighted by molar-refractivity contribution is 6.11. The molecule has 1 amide bonds. The van der Waals surface area contributed by atoms with E-state index < -0.39 is 5.92 Å². The molecule has 4 aromatic carbocycles. The van der Waals surface area contributed by atoms with Gasteiger partial charge in [0, 0.05) is 5.56 Å². The van der Waals surface area contributed by atoms with Gasteiger partial charge in [-0.1, -0.05) is 127 Å². The smallest absolute Gasteiger partial charge is 0.252 e. The number of allylic oxidation sites excluding steroid dienone is 1. The number of nitrogens with zero attached hydrogens (tertiary/aromatic N) is 1. The summed E-state index contributed by atoms with van der Waals surface area (Å²) in [6.45, 7) is 0. The van der Waals surface area contributed by atoms with Crippen LogP contribution in [0, 0.1) is 0 Å². The van der Waals surface area contributed by atoms with E-state index in [4.69, 9.17) is 0 Å². The maximum Gasteiger partial charge on any atom is 0.252 e. The molecule has 0 unspecified atom stereocenters. The number of carbonyl (C=O) groups excluding carboxylic acids is 1. The van der Waals surface area contributed by atoms with E-state index in [2.05, 4.69) is 10.5 Å². The number of hydrogen-bond acceptors (Lipinski definition) is 2. The van der Waals surface area contributed by atoms with Crippen LogP contribution in [0.25, 0.3) is 6.08 Å². The number of hydrogen-bond donors (Lipinski definition) is 1. The molecule has 0 aliphatic rings. The molecule has 0 saturated carbocycles. The number of amides is 1. The number of nitrogens with one attached hydrogen (secondary N) is 1. The van der Waals surface area contributed by atoms with Crippen LogP contribution in [0.15, 0.2) is 133 Å². The summed E-state index contributed by atoms with van der Waals surface area (Å²) in [5.74, 6) is -0.625. The summed E-state index contributed by atoms with van der Waals surface area (Å²) < 4.78 is 0. The van der Waals surface area contributed by atoms with Crippen LogP contribution in [0.3, 0.4) is 0 Å². The van der Waals surface area contributed by atoms with Crippen LogP contribution in [-0.4, -0.2) is 11.6 Å². The van der Waals surface area contributed by atoms with Gasteiger partial charge in [-0.25, -0.2) is 5.43 Å². The van der Waals surface area contributed by atoms with E-state index in [1.165, 1.54) is 0 Å². The average Bonchev–Trinajstić information content (AvgIpc) is 2.87. The molecule has 0 aromatic heterocycles. The number of rotatable bonds is 7. The van der Waals surface area contributed by atoms with Crippen LogP contribution in [-0.2, 0) is 4.79 Å². The fourth-order valence-electron chi connectivity index (χ4n) is 3.51. The molecule has 0 spiro atoms. The molecule has 1 N–H and O–H groups in total. The molecule has 0 bridgehead atoms. The number of carbonyl (C=O) groups is 1. The van der Waals surface area contributed by atoms with Gasteiger partial charge in [0.05, 0.1) is 11.6 Å². The Balaban J connectivity index is 1.64. The highest BCUT2D eigenvalue weighted by atomic mass is 16.2. The Kier molecular flexibility index (Phi) is 7.02. The fourth-order valence-corrected chi connectivity index (χ4v) is 3.51. The fraction of sp³-hybridized carbons (Fsp3) is 0.0345. The van der Waals surface area contributed by atoms with E-state index >= 15 is 0 Å². The van der Waals surface area contributed by atoms with E-state index in [1.54, 1.807) is 0 Å². The molecule has 0 fully saturated rings. The van der Waals surface area contributed by atoms with Crippen LogP contribution in [0.2, 0.25) is 0 Å². The van der Waals surface area contributed by atoms with Gasteiger partial charge in [0.2, 0.25) is 0 Å². The van der Waals surface area contributed by atoms with Gasteiger partial charge in [0.25, 0.3) is 5.91 Å². The second-order valence-electron chi connectivity index (χ2n) is 7.34. The minimum absolute atomic E-state index is 0.177. The molecule has 0 aliphatic carbocycles. The largest absolute Gasteiger partial charge is 0.272 e. The van der Waals surface area contributed by atoms with Gasteiger partial charge in [-0.15, -0.1) is 0 Å². The predicted molar refractivity (Wildman–Crippen MR) is 131 cm³/mol. The Hall–Kier alpha value is -4.24. The summed E-state index contributed by atoms with van der Waals surface area (Å²) in [5, 5.41) is 4.51. The third kappa shape index (κ3) is 5.46. The van der Waals surface area contributed by atoms with Gasteiger partial charge in [-0.2, -0.15) is 5.10 Å². The van der Waals surface area contributed by atoms with Crippen molar-refractivity contribution in [2.24, 2.45) is 5.10 Å². The lowest BCUT2D eigenvalue weighted by Crippen LogP contribution is -2.27. The molecule has 0 atom stereocenters. The number of hydrazone groups is 1. The molecule has 4 rings (SSSR count). The highest BCUT2D eigenvalue weighted by Crippen LogP contribution is 2.24. The van der Waals surface area contributed by atoms with Crippen molar-refractivity contribution in [3.63, 3.8) is 0 Å². The maximum absolute atomic E-state index is 13.3. The van der Waals surface area contributed by atoms with Crippen molar-refractivity contribution in [3.8, 4) is 0 Å².